The highest BCUT2D eigenvalue weighted by atomic mass is 16.5. The van der Waals surface area contributed by atoms with Gasteiger partial charge in [-0.05, 0) is 48.5 Å². The average molecular weight is 383 g/mol. The lowest BCUT2D eigenvalue weighted by Gasteiger charge is -2.20. The summed E-state index contributed by atoms with van der Waals surface area (Å²) in [5.41, 5.74) is 2.84. The average Bonchev–Trinajstić information content (AvgIpc) is 2.68. The molecule has 0 aliphatic rings. The summed E-state index contributed by atoms with van der Waals surface area (Å²) in [6.45, 7) is 4.96. The highest BCUT2D eigenvalue weighted by Crippen LogP contribution is 2.14. The number of anilines is 2. The van der Waals surface area contributed by atoms with Crippen LogP contribution in [0.25, 0.3) is 0 Å². The molecule has 148 valence electrons. The Morgan fingerprint density at radius 3 is 2.00 bits per heavy atom. The predicted molar refractivity (Wildman–Crippen MR) is 108 cm³/mol. The van der Waals surface area contributed by atoms with Gasteiger partial charge in [0, 0.05) is 24.8 Å². The molecule has 2 N–H and O–H groups in total. The molecule has 7 heteroatoms. The molecule has 0 spiro atoms. The minimum atomic E-state index is -0.372. The first-order valence-corrected chi connectivity index (χ1v) is 8.98. The van der Waals surface area contributed by atoms with Gasteiger partial charge in [-0.15, -0.1) is 0 Å². The molecule has 0 aliphatic carbocycles. The second-order valence-corrected chi connectivity index (χ2v) is 6.30. The molecule has 0 saturated heterocycles. The molecule has 2 amide bonds. The van der Waals surface area contributed by atoms with E-state index in [1.807, 2.05) is 24.0 Å². The number of hydrogen-bond donors (Lipinski definition) is 2. The summed E-state index contributed by atoms with van der Waals surface area (Å²) in [6.07, 6.45) is 0. The summed E-state index contributed by atoms with van der Waals surface area (Å²) in [4.78, 5) is 36.9. The number of nitrogens with zero attached hydrogens (tertiary/aromatic N) is 1. The number of esters is 1. The third-order valence-corrected chi connectivity index (χ3v) is 4.08. The van der Waals surface area contributed by atoms with Gasteiger partial charge in [-0.25, -0.2) is 4.79 Å². The van der Waals surface area contributed by atoms with E-state index in [9.17, 15) is 14.4 Å². The van der Waals surface area contributed by atoms with Crippen molar-refractivity contribution < 1.29 is 19.1 Å². The summed E-state index contributed by atoms with van der Waals surface area (Å²) in [5, 5.41) is 5.53. The van der Waals surface area contributed by atoms with Crippen LogP contribution in [0.4, 0.5) is 11.4 Å². The van der Waals surface area contributed by atoms with Gasteiger partial charge < -0.3 is 15.4 Å². The Bertz CT molecular complexity index is 817. The van der Waals surface area contributed by atoms with Crippen LogP contribution in [0.15, 0.2) is 48.5 Å². The molecule has 7 nitrogen and oxygen atoms in total. The van der Waals surface area contributed by atoms with Gasteiger partial charge >= 0.3 is 5.97 Å². The van der Waals surface area contributed by atoms with Crippen molar-refractivity contribution in [3.8, 4) is 0 Å². The molecule has 0 fully saturated rings. The van der Waals surface area contributed by atoms with Crippen molar-refractivity contribution in [1.82, 2.24) is 4.90 Å². The van der Waals surface area contributed by atoms with Crippen molar-refractivity contribution in [3.63, 3.8) is 0 Å². The van der Waals surface area contributed by atoms with Crippen molar-refractivity contribution in [2.45, 2.75) is 20.4 Å². The number of hydrogen-bond acceptors (Lipinski definition) is 5. The Kier molecular flexibility index (Phi) is 7.71. The van der Waals surface area contributed by atoms with Crippen LogP contribution in [0, 0.1) is 0 Å². The van der Waals surface area contributed by atoms with Gasteiger partial charge in [0.1, 0.15) is 0 Å². The highest BCUT2D eigenvalue weighted by Gasteiger charge is 2.11. The van der Waals surface area contributed by atoms with Crippen LogP contribution < -0.4 is 10.6 Å². The Morgan fingerprint density at radius 2 is 1.50 bits per heavy atom. The topological polar surface area (TPSA) is 87.7 Å². The second-order valence-electron chi connectivity index (χ2n) is 6.30. The molecule has 0 aliphatic heterocycles. The minimum absolute atomic E-state index is 0.125. The van der Waals surface area contributed by atoms with E-state index in [4.69, 9.17) is 4.74 Å². The fraction of sp³-hybridized carbons (Fsp3) is 0.286. The fourth-order valence-electron chi connectivity index (χ4n) is 2.65. The summed E-state index contributed by atoms with van der Waals surface area (Å²) < 4.78 is 4.69. The zero-order valence-electron chi connectivity index (χ0n) is 16.3. The maximum Gasteiger partial charge on any atom is 0.337 e. The number of nitrogens with one attached hydrogen (secondary N) is 2. The van der Waals surface area contributed by atoms with Gasteiger partial charge in [0.05, 0.1) is 19.2 Å². The first-order valence-electron chi connectivity index (χ1n) is 8.98. The van der Waals surface area contributed by atoms with Gasteiger partial charge in [-0.3, -0.25) is 14.5 Å². The molecule has 0 heterocycles. The maximum absolute atomic E-state index is 12.3. The molecule has 0 bridgehead atoms. The molecule has 0 unspecified atom stereocenters. The number of benzene rings is 2. The molecule has 2 aromatic carbocycles. The van der Waals surface area contributed by atoms with E-state index in [2.05, 4.69) is 10.6 Å². The molecule has 0 saturated carbocycles. The zero-order valence-corrected chi connectivity index (χ0v) is 16.3. The largest absolute Gasteiger partial charge is 0.465 e. The second kappa shape index (κ2) is 10.2. The number of carbonyl (C=O) groups excluding carboxylic acids is 3. The predicted octanol–water partition coefficient (Wildman–Crippen LogP) is 2.89. The molecular weight excluding hydrogens is 358 g/mol. The number of carbonyl (C=O) groups is 3. The van der Waals surface area contributed by atoms with E-state index < -0.39 is 0 Å². The third kappa shape index (κ3) is 6.51. The van der Waals surface area contributed by atoms with E-state index in [1.54, 1.807) is 36.4 Å². The van der Waals surface area contributed by atoms with Gasteiger partial charge in [0.2, 0.25) is 11.8 Å². The van der Waals surface area contributed by atoms with Crippen molar-refractivity contribution in [2.24, 2.45) is 0 Å². The first-order chi connectivity index (χ1) is 13.4. The van der Waals surface area contributed by atoms with Crippen molar-refractivity contribution in [1.29, 1.82) is 0 Å². The normalized spacial score (nSPS) is 10.4. The Hall–Kier alpha value is -3.19. The van der Waals surface area contributed by atoms with Crippen LogP contribution >= 0.6 is 0 Å². The molecular formula is C21H25N3O4. The minimum Gasteiger partial charge on any atom is -0.465 e. The fourth-order valence-corrected chi connectivity index (χ4v) is 2.65. The molecule has 2 aromatic rings. The quantitative estimate of drug-likeness (QED) is 0.685. The summed E-state index contributed by atoms with van der Waals surface area (Å²) in [6, 6.07) is 14.1. The lowest BCUT2D eigenvalue weighted by atomic mass is 10.1. The van der Waals surface area contributed by atoms with Crippen molar-refractivity contribution >= 4 is 29.2 Å². The Labute approximate surface area is 164 Å². The molecule has 2 rings (SSSR count). The van der Waals surface area contributed by atoms with Crippen LogP contribution in [0.3, 0.4) is 0 Å². The van der Waals surface area contributed by atoms with Crippen LogP contribution in [0.5, 0.6) is 0 Å². The van der Waals surface area contributed by atoms with E-state index in [-0.39, 0.29) is 24.3 Å². The van der Waals surface area contributed by atoms with E-state index in [1.165, 1.54) is 14.0 Å². The Morgan fingerprint density at radius 1 is 0.929 bits per heavy atom. The summed E-state index contributed by atoms with van der Waals surface area (Å²) in [7, 11) is 1.35. The number of ether oxygens (including phenoxy) is 1. The van der Waals surface area contributed by atoms with Gasteiger partial charge in [0.15, 0.2) is 0 Å². The summed E-state index contributed by atoms with van der Waals surface area (Å²) in [5.74, 6) is -0.641. The summed E-state index contributed by atoms with van der Waals surface area (Å²) >= 11 is 0. The van der Waals surface area contributed by atoms with Crippen LogP contribution in [0.2, 0.25) is 0 Å². The number of likely N-dealkylation sites (N-methyl/N-ethyl adjacent to an activating group) is 1. The monoisotopic (exact) mass is 383 g/mol. The molecule has 0 atom stereocenters. The van der Waals surface area contributed by atoms with Crippen LogP contribution in [0.1, 0.15) is 29.8 Å². The zero-order chi connectivity index (χ0) is 20.5. The van der Waals surface area contributed by atoms with Crippen LogP contribution in [-0.2, 0) is 20.9 Å². The first kappa shape index (κ1) is 21.1. The van der Waals surface area contributed by atoms with E-state index >= 15 is 0 Å². The molecule has 0 aromatic heterocycles. The van der Waals surface area contributed by atoms with Gasteiger partial charge in [-0.2, -0.15) is 0 Å². The number of amides is 2. The maximum atomic E-state index is 12.3. The van der Waals surface area contributed by atoms with Crippen LogP contribution in [-0.4, -0.2) is 42.9 Å². The number of methoxy groups -OCH3 is 1. The Balaban J connectivity index is 1.90. The molecule has 28 heavy (non-hydrogen) atoms. The standard InChI is InChI=1S/C21H25N3O4/c1-4-24(13-16-5-7-17(8-6-16)21(27)28-3)14-20(26)23-19-11-9-18(10-12-19)22-15(2)25/h5-12H,4,13-14H2,1-3H3,(H,22,25)(H,23,26). The number of rotatable bonds is 8. The smallest absolute Gasteiger partial charge is 0.337 e. The lowest BCUT2D eigenvalue weighted by Crippen LogP contribution is -2.32. The third-order valence-electron chi connectivity index (χ3n) is 4.08. The van der Waals surface area contributed by atoms with Gasteiger partial charge in [-0.1, -0.05) is 19.1 Å². The highest BCUT2D eigenvalue weighted by molar-refractivity contribution is 5.93. The van der Waals surface area contributed by atoms with Gasteiger partial charge in [0.25, 0.3) is 0 Å². The van der Waals surface area contributed by atoms with E-state index in [0.717, 1.165) is 5.56 Å². The lowest BCUT2D eigenvalue weighted by molar-refractivity contribution is -0.117. The van der Waals surface area contributed by atoms with E-state index in [0.29, 0.717) is 30.0 Å². The molecule has 0 radical (unpaired) electrons. The SMILES string of the molecule is CCN(CC(=O)Nc1ccc(NC(C)=O)cc1)Cc1ccc(C(=O)OC)cc1. The van der Waals surface area contributed by atoms with Crippen molar-refractivity contribution in [3.05, 3.63) is 59.7 Å². The van der Waals surface area contributed by atoms with Crippen molar-refractivity contribution in [2.75, 3.05) is 30.8 Å².